The van der Waals surface area contributed by atoms with Crippen LogP contribution in [0, 0.1) is 0 Å². The molecular formula is C20H28N2O4. The van der Waals surface area contributed by atoms with Crippen molar-refractivity contribution in [2.75, 3.05) is 13.2 Å². The Labute approximate surface area is 154 Å². The van der Waals surface area contributed by atoms with Gasteiger partial charge < -0.3 is 15.2 Å². The molecule has 6 heteroatoms. The molecule has 142 valence electrons. The van der Waals surface area contributed by atoms with Crippen LogP contribution < -0.4 is 10.1 Å². The van der Waals surface area contributed by atoms with Crippen molar-refractivity contribution in [1.29, 1.82) is 0 Å². The fourth-order valence-corrected chi connectivity index (χ4v) is 3.67. The van der Waals surface area contributed by atoms with E-state index in [1.54, 1.807) is 0 Å². The highest BCUT2D eigenvalue weighted by atomic mass is 16.5. The second-order valence-electron chi connectivity index (χ2n) is 8.37. The van der Waals surface area contributed by atoms with Crippen molar-refractivity contribution < 1.29 is 19.4 Å². The van der Waals surface area contributed by atoms with Crippen LogP contribution in [0.25, 0.3) is 0 Å². The van der Waals surface area contributed by atoms with Crippen LogP contribution in [0.4, 0.5) is 4.79 Å². The van der Waals surface area contributed by atoms with Crippen LogP contribution in [0.1, 0.15) is 52.0 Å². The summed E-state index contributed by atoms with van der Waals surface area (Å²) in [5.41, 5.74) is 0.532. The summed E-state index contributed by atoms with van der Waals surface area (Å²) in [5, 5.41) is 13.0. The van der Waals surface area contributed by atoms with Crippen molar-refractivity contribution in [2.24, 2.45) is 0 Å². The highest BCUT2D eigenvalue weighted by Gasteiger charge is 2.52. The van der Waals surface area contributed by atoms with E-state index in [0.717, 1.165) is 17.7 Å². The topological polar surface area (TPSA) is 78.9 Å². The van der Waals surface area contributed by atoms with E-state index in [1.807, 2.05) is 24.3 Å². The second-order valence-corrected chi connectivity index (χ2v) is 8.37. The minimum absolute atomic E-state index is 0.0267. The van der Waals surface area contributed by atoms with E-state index in [0.29, 0.717) is 18.6 Å². The van der Waals surface area contributed by atoms with Crippen molar-refractivity contribution in [3.05, 3.63) is 29.8 Å². The van der Waals surface area contributed by atoms with Crippen LogP contribution in [0.2, 0.25) is 0 Å². The van der Waals surface area contributed by atoms with Crippen LogP contribution in [-0.4, -0.2) is 46.7 Å². The Bertz CT molecular complexity index is 672. The predicted octanol–water partition coefficient (Wildman–Crippen LogP) is 2.59. The fourth-order valence-electron chi connectivity index (χ4n) is 3.67. The minimum atomic E-state index is -0.927. The maximum atomic E-state index is 12.6. The normalized spacial score (nSPS) is 20.5. The van der Waals surface area contributed by atoms with E-state index in [2.05, 4.69) is 26.1 Å². The average Bonchev–Trinajstić information content (AvgIpc) is 3.14. The van der Waals surface area contributed by atoms with E-state index >= 15 is 0 Å². The Kier molecular flexibility index (Phi) is 4.97. The van der Waals surface area contributed by atoms with Gasteiger partial charge in [-0.05, 0) is 36.0 Å². The smallest absolute Gasteiger partial charge is 0.325 e. The number of imide groups is 1. The number of aliphatic hydroxyl groups is 1. The molecule has 1 aromatic carbocycles. The molecule has 1 saturated heterocycles. The van der Waals surface area contributed by atoms with E-state index < -0.39 is 17.7 Å². The van der Waals surface area contributed by atoms with Gasteiger partial charge in [0.1, 0.15) is 24.0 Å². The van der Waals surface area contributed by atoms with Crippen molar-refractivity contribution in [3.63, 3.8) is 0 Å². The van der Waals surface area contributed by atoms with E-state index in [-0.39, 0.29) is 24.5 Å². The zero-order valence-electron chi connectivity index (χ0n) is 15.7. The molecule has 1 spiro atoms. The molecule has 2 N–H and O–H groups in total. The van der Waals surface area contributed by atoms with E-state index in [4.69, 9.17) is 4.74 Å². The van der Waals surface area contributed by atoms with Crippen LogP contribution in [-0.2, 0) is 10.2 Å². The summed E-state index contributed by atoms with van der Waals surface area (Å²) >= 11 is 0. The lowest BCUT2D eigenvalue weighted by Gasteiger charge is -2.22. The third-order valence-corrected chi connectivity index (χ3v) is 5.26. The molecule has 0 bridgehead atoms. The highest BCUT2D eigenvalue weighted by molar-refractivity contribution is 6.07. The molecule has 1 saturated carbocycles. The summed E-state index contributed by atoms with van der Waals surface area (Å²) in [5.74, 6) is 0.440. The maximum Gasteiger partial charge on any atom is 0.325 e. The third-order valence-electron chi connectivity index (χ3n) is 5.26. The molecule has 3 rings (SSSR count). The monoisotopic (exact) mass is 360 g/mol. The lowest BCUT2D eigenvalue weighted by molar-refractivity contribution is -0.132. The summed E-state index contributed by atoms with van der Waals surface area (Å²) in [6.07, 6.45) is 2.32. The summed E-state index contributed by atoms with van der Waals surface area (Å²) in [6, 6.07) is 7.33. The molecule has 1 aliphatic heterocycles. The molecule has 1 aromatic rings. The van der Waals surface area contributed by atoms with Gasteiger partial charge in [-0.2, -0.15) is 0 Å². The number of β-amino-alcohol motifs (C(OH)–C–C–N with tert-alkyl or cyclic N) is 1. The molecule has 0 aromatic heterocycles. The first kappa shape index (κ1) is 18.7. The first-order valence-corrected chi connectivity index (χ1v) is 9.27. The highest BCUT2D eigenvalue weighted by Crippen LogP contribution is 2.35. The molecule has 6 nitrogen and oxygen atoms in total. The number of carbonyl (C=O) groups is 2. The molecular weight excluding hydrogens is 332 g/mol. The van der Waals surface area contributed by atoms with Crippen molar-refractivity contribution in [2.45, 2.75) is 63.5 Å². The lowest BCUT2D eigenvalue weighted by Crippen LogP contribution is -2.45. The molecule has 1 atom stereocenters. The lowest BCUT2D eigenvalue weighted by atomic mass is 9.87. The number of benzene rings is 1. The van der Waals surface area contributed by atoms with Crippen molar-refractivity contribution in [1.82, 2.24) is 10.2 Å². The summed E-state index contributed by atoms with van der Waals surface area (Å²) in [6.45, 7) is 6.40. The number of nitrogens with one attached hydrogen (secondary N) is 1. The van der Waals surface area contributed by atoms with Gasteiger partial charge in [0.25, 0.3) is 5.91 Å². The Morgan fingerprint density at radius 1 is 1.19 bits per heavy atom. The first-order valence-electron chi connectivity index (χ1n) is 9.27. The summed E-state index contributed by atoms with van der Waals surface area (Å²) in [4.78, 5) is 25.8. The third kappa shape index (κ3) is 3.70. The number of hydrogen-bond donors (Lipinski definition) is 2. The Morgan fingerprint density at radius 2 is 1.81 bits per heavy atom. The number of hydrogen-bond acceptors (Lipinski definition) is 4. The quantitative estimate of drug-likeness (QED) is 0.791. The zero-order valence-corrected chi connectivity index (χ0v) is 15.7. The molecule has 2 aliphatic rings. The zero-order chi connectivity index (χ0) is 18.9. The number of urea groups is 1. The molecule has 26 heavy (non-hydrogen) atoms. The molecule has 3 amide bonds. The number of rotatable bonds is 5. The fraction of sp³-hybridized carbons (Fsp3) is 0.600. The van der Waals surface area contributed by atoms with Gasteiger partial charge >= 0.3 is 6.03 Å². The number of amides is 3. The Morgan fingerprint density at radius 3 is 2.38 bits per heavy atom. The van der Waals surface area contributed by atoms with Gasteiger partial charge in [0.05, 0.1) is 6.54 Å². The predicted molar refractivity (Wildman–Crippen MR) is 98.1 cm³/mol. The average molecular weight is 360 g/mol. The standard InChI is InChI=1S/C20H28N2O4/c1-19(2,3)14-6-8-16(9-7-14)26-13-15(23)12-22-17(24)20(21-18(22)25)10-4-5-11-20/h6-9,15,23H,4-5,10-13H2,1-3H3,(H,21,25). The molecule has 1 heterocycles. The number of aliphatic hydroxyl groups excluding tert-OH is 1. The number of carbonyl (C=O) groups excluding carboxylic acids is 2. The van der Waals surface area contributed by atoms with Gasteiger partial charge in [-0.25, -0.2) is 4.79 Å². The van der Waals surface area contributed by atoms with Crippen LogP contribution in [0.5, 0.6) is 5.75 Å². The van der Waals surface area contributed by atoms with Gasteiger partial charge in [-0.15, -0.1) is 0 Å². The maximum absolute atomic E-state index is 12.6. The molecule has 1 aliphatic carbocycles. The first-order chi connectivity index (χ1) is 12.2. The van der Waals surface area contributed by atoms with E-state index in [1.165, 1.54) is 5.56 Å². The van der Waals surface area contributed by atoms with Crippen molar-refractivity contribution >= 4 is 11.9 Å². The van der Waals surface area contributed by atoms with Gasteiger partial charge in [0, 0.05) is 0 Å². The minimum Gasteiger partial charge on any atom is -0.491 e. The Hall–Kier alpha value is -2.08. The molecule has 2 fully saturated rings. The van der Waals surface area contributed by atoms with Crippen LogP contribution >= 0.6 is 0 Å². The van der Waals surface area contributed by atoms with E-state index in [9.17, 15) is 14.7 Å². The van der Waals surface area contributed by atoms with Gasteiger partial charge in [0.15, 0.2) is 0 Å². The Balaban J connectivity index is 1.53. The van der Waals surface area contributed by atoms with Crippen molar-refractivity contribution in [3.8, 4) is 5.75 Å². The van der Waals surface area contributed by atoms with Gasteiger partial charge in [-0.1, -0.05) is 45.7 Å². The largest absolute Gasteiger partial charge is 0.491 e. The molecule has 1 unspecified atom stereocenters. The molecule has 0 radical (unpaired) electrons. The van der Waals surface area contributed by atoms with Gasteiger partial charge in [0.2, 0.25) is 0 Å². The van der Waals surface area contributed by atoms with Crippen LogP contribution in [0.3, 0.4) is 0 Å². The van der Waals surface area contributed by atoms with Gasteiger partial charge in [-0.3, -0.25) is 9.69 Å². The summed E-state index contributed by atoms with van der Waals surface area (Å²) in [7, 11) is 0. The number of ether oxygens (including phenoxy) is 1. The summed E-state index contributed by atoms with van der Waals surface area (Å²) < 4.78 is 5.61. The second kappa shape index (κ2) is 6.91. The SMILES string of the molecule is CC(C)(C)c1ccc(OCC(O)CN2C(=O)NC3(CCCC3)C2=O)cc1. The number of nitrogens with zero attached hydrogens (tertiary/aromatic N) is 1. The van der Waals surface area contributed by atoms with Crippen LogP contribution in [0.15, 0.2) is 24.3 Å².